The van der Waals surface area contributed by atoms with Crippen LogP contribution in [-0.2, 0) is 53.3 Å². The lowest BCUT2D eigenvalue weighted by Crippen LogP contribution is -2.41. The highest BCUT2D eigenvalue weighted by Crippen LogP contribution is 2.60. The van der Waals surface area contributed by atoms with Gasteiger partial charge < -0.3 is 10.8 Å². The van der Waals surface area contributed by atoms with Crippen LogP contribution in [0.1, 0.15) is 90.6 Å². The number of aliphatic carboxylic acids is 1. The van der Waals surface area contributed by atoms with E-state index in [0.717, 1.165) is 40.4 Å². The van der Waals surface area contributed by atoms with E-state index in [0.29, 0.717) is 40.7 Å². The number of halogens is 7. The first-order chi connectivity index (χ1) is 24.1. The number of alkyl halides is 7. The molecule has 4 heterocycles. The average Bonchev–Trinajstić information content (AvgIpc) is 3.73. The second-order valence-electron chi connectivity index (χ2n) is 14.4. The number of hydrogen-bond donors (Lipinski definition) is 2. The van der Waals surface area contributed by atoms with Gasteiger partial charge >= 0.3 is 18.3 Å². The van der Waals surface area contributed by atoms with Crippen LogP contribution in [0.5, 0.6) is 0 Å². The summed E-state index contributed by atoms with van der Waals surface area (Å²) in [6.07, 6.45) is -6.07. The summed E-state index contributed by atoms with van der Waals surface area (Å²) in [6.45, 7) is 8.87. The zero-order valence-electron chi connectivity index (χ0n) is 28.9. The van der Waals surface area contributed by atoms with Crippen LogP contribution in [0.3, 0.4) is 0 Å². The van der Waals surface area contributed by atoms with Crippen molar-refractivity contribution < 1.29 is 40.6 Å². The minimum atomic E-state index is -5.03. The Hall–Kier alpha value is -4.08. The van der Waals surface area contributed by atoms with E-state index in [1.54, 1.807) is 27.2 Å². The third kappa shape index (κ3) is 5.32. The zero-order chi connectivity index (χ0) is 37.9. The van der Waals surface area contributed by atoms with Crippen LogP contribution in [0.25, 0.3) is 11.3 Å². The predicted molar refractivity (Wildman–Crippen MR) is 182 cm³/mol. The largest absolute Gasteiger partial charge is 0.480 e. The molecule has 0 saturated carbocycles. The first-order valence-electron chi connectivity index (χ1n) is 16.7. The van der Waals surface area contributed by atoms with Gasteiger partial charge in [-0.3, -0.25) is 13.7 Å². The Balaban J connectivity index is 1.40. The van der Waals surface area contributed by atoms with Gasteiger partial charge in [0.1, 0.15) is 6.04 Å². The second-order valence-corrected chi connectivity index (χ2v) is 15.4. The smallest absolute Gasteiger partial charge is 0.416 e. The SMILES string of the molecule is CCc1cccc2c1-n1nc3c(c1C1(C)C2=CC(C)(F)c2c1ccn2SC[C@@H](N)C(=O)O)CN(Cc1ccc(C(F)(F)F)cc1C(F)(F)F)C3(C)C. The first kappa shape index (κ1) is 36.3. The van der Waals surface area contributed by atoms with E-state index in [9.17, 15) is 36.2 Å². The van der Waals surface area contributed by atoms with E-state index in [4.69, 9.17) is 10.8 Å². The average molecular weight is 748 g/mol. The summed E-state index contributed by atoms with van der Waals surface area (Å²) in [6, 6.07) is 8.14. The summed E-state index contributed by atoms with van der Waals surface area (Å²) in [5.41, 5.74) is 4.92. The van der Waals surface area contributed by atoms with Gasteiger partial charge in [0.15, 0.2) is 5.67 Å². The molecule has 7 nitrogen and oxygen atoms in total. The molecule has 0 spiro atoms. The molecule has 4 aromatic rings. The molecule has 52 heavy (non-hydrogen) atoms. The second kappa shape index (κ2) is 11.7. The minimum Gasteiger partial charge on any atom is -0.480 e. The van der Waals surface area contributed by atoms with Crippen molar-refractivity contribution >= 4 is 23.5 Å². The maximum absolute atomic E-state index is 17.0. The van der Waals surface area contributed by atoms with Gasteiger partial charge in [-0.1, -0.05) is 31.2 Å². The maximum atomic E-state index is 17.0. The summed E-state index contributed by atoms with van der Waals surface area (Å²) in [4.78, 5) is 13.2. The molecular weight excluding hydrogens is 711 g/mol. The molecule has 15 heteroatoms. The van der Waals surface area contributed by atoms with Crippen molar-refractivity contribution in [2.75, 3.05) is 5.75 Å². The molecular formula is C37H36F7N5O2S. The van der Waals surface area contributed by atoms with Gasteiger partial charge in [0, 0.05) is 36.2 Å². The number of carboxylic acid groups (broad SMARTS) is 1. The number of carboxylic acids is 1. The Morgan fingerprint density at radius 3 is 2.37 bits per heavy atom. The van der Waals surface area contributed by atoms with E-state index in [2.05, 4.69) is 0 Å². The van der Waals surface area contributed by atoms with E-state index >= 15 is 4.39 Å². The van der Waals surface area contributed by atoms with Gasteiger partial charge in [-0.2, -0.15) is 31.4 Å². The summed E-state index contributed by atoms with van der Waals surface area (Å²) >= 11 is 1.07. The first-order valence-corrected chi connectivity index (χ1v) is 17.6. The monoisotopic (exact) mass is 747 g/mol. The lowest BCUT2D eigenvalue weighted by molar-refractivity contribution is -0.144. The molecule has 2 aromatic heterocycles. The summed E-state index contributed by atoms with van der Waals surface area (Å²) < 4.78 is 104. The van der Waals surface area contributed by atoms with Gasteiger partial charge in [-0.15, -0.1) is 0 Å². The van der Waals surface area contributed by atoms with Crippen molar-refractivity contribution in [3.8, 4) is 5.69 Å². The number of para-hydroxylation sites is 1. The lowest BCUT2D eigenvalue weighted by atomic mass is 9.62. The van der Waals surface area contributed by atoms with Gasteiger partial charge in [-0.05, 0) is 92.6 Å². The van der Waals surface area contributed by atoms with E-state index < -0.39 is 52.1 Å². The van der Waals surface area contributed by atoms with Crippen molar-refractivity contribution in [3.05, 3.63) is 111 Å². The number of carbonyl (C=O) groups is 1. The van der Waals surface area contributed by atoms with Crippen molar-refractivity contribution in [3.63, 3.8) is 0 Å². The molecule has 3 atom stereocenters. The molecule has 0 saturated heterocycles. The van der Waals surface area contributed by atoms with E-state index in [1.807, 2.05) is 50.6 Å². The quantitative estimate of drug-likeness (QED) is 0.185. The number of benzene rings is 2. The number of nitrogens with two attached hydrogens (primary N) is 1. The van der Waals surface area contributed by atoms with Gasteiger partial charge in [0.2, 0.25) is 0 Å². The molecule has 0 bridgehead atoms. The van der Waals surface area contributed by atoms with Crippen LogP contribution in [-0.4, -0.2) is 41.5 Å². The molecule has 1 aliphatic carbocycles. The Labute approximate surface area is 299 Å². The fourth-order valence-corrected chi connectivity index (χ4v) is 9.15. The normalized spacial score (nSPS) is 22.6. The molecule has 276 valence electrons. The fourth-order valence-electron chi connectivity index (χ4n) is 8.13. The van der Waals surface area contributed by atoms with Crippen molar-refractivity contribution in [2.24, 2.45) is 5.73 Å². The molecule has 2 unspecified atom stereocenters. The molecule has 0 fully saturated rings. The summed E-state index contributed by atoms with van der Waals surface area (Å²) in [7, 11) is 0. The van der Waals surface area contributed by atoms with E-state index in [1.165, 1.54) is 6.92 Å². The van der Waals surface area contributed by atoms with Crippen LogP contribution in [0.15, 0.2) is 54.7 Å². The van der Waals surface area contributed by atoms with Crippen LogP contribution < -0.4 is 5.73 Å². The highest BCUT2D eigenvalue weighted by Gasteiger charge is 2.55. The number of allylic oxidation sites excluding steroid dienone is 2. The number of nitrogens with zero attached hydrogens (tertiary/aromatic N) is 4. The topological polar surface area (TPSA) is 89.3 Å². The Morgan fingerprint density at radius 1 is 1.02 bits per heavy atom. The van der Waals surface area contributed by atoms with Gasteiger partial charge in [0.25, 0.3) is 0 Å². The van der Waals surface area contributed by atoms with Crippen LogP contribution >= 0.6 is 11.9 Å². The molecule has 0 radical (unpaired) electrons. The third-order valence-electron chi connectivity index (χ3n) is 10.8. The van der Waals surface area contributed by atoms with Crippen molar-refractivity contribution in [1.82, 2.24) is 18.7 Å². The summed E-state index contributed by atoms with van der Waals surface area (Å²) in [5, 5.41) is 14.5. The highest BCUT2D eigenvalue weighted by atomic mass is 32.2. The highest BCUT2D eigenvalue weighted by molar-refractivity contribution is 7.97. The van der Waals surface area contributed by atoms with Gasteiger partial charge in [0.05, 0.1) is 44.8 Å². The number of fused-ring (bicyclic) bond motifs is 10. The number of aryl methyl sites for hydroxylation is 1. The molecule has 7 rings (SSSR count). The zero-order valence-corrected chi connectivity index (χ0v) is 29.7. The molecule has 0 amide bonds. The Kier molecular flexibility index (Phi) is 8.17. The number of rotatable bonds is 7. The van der Waals surface area contributed by atoms with Crippen molar-refractivity contribution in [1.29, 1.82) is 0 Å². The number of hydrogen-bond acceptors (Lipinski definition) is 5. The minimum absolute atomic E-state index is 0.0249. The number of aromatic nitrogens is 3. The van der Waals surface area contributed by atoms with Crippen molar-refractivity contribution in [2.45, 2.75) is 89.1 Å². The maximum Gasteiger partial charge on any atom is 0.416 e. The van der Waals surface area contributed by atoms with Crippen LogP contribution in [0, 0.1) is 0 Å². The lowest BCUT2D eigenvalue weighted by Gasteiger charge is -2.45. The third-order valence-corrected chi connectivity index (χ3v) is 11.9. The van der Waals surface area contributed by atoms with Crippen LogP contribution in [0.4, 0.5) is 30.7 Å². The molecule has 3 N–H and O–H groups in total. The molecule has 3 aliphatic rings. The Morgan fingerprint density at radius 2 is 1.73 bits per heavy atom. The summed E-state index contributed by atoms with van der Waals surface area (Å²) in [5.74, 6) is -1.21. The fraction of sp³-hybridized carbons (Fsp3) is 0.405. The van der Waals surface area contributed by atoms with Crippen LogP contribution in [0.2, 0.25) is 0 Å². The van der Waals surface area contributed by atoms with Gasteiger partial charge in [-0.25, -0.2) is 9.07 Å². The molecule has 2 aromatic carbocycles. The predicted octanol–water partition coefficient (Wildman–Crippen LogP) is 8.33. The standard InChI is InChI=1S/C37H36F7N5O2S/c1-6-19-8-7-9-22-26-15-34(4,38)31-24(12-13-48(31)52-18-27(45)32(50)51)35(26,5)30-23-17-47(33(2,3)29(23)46-49(30)28(19)22)16-20-10-11-21(36(39,40)41)14-25(20)37(42,43)44/h7-15,27H,6,16-18,45H2,1-5H3,(H,50,51)/t27-,34?,35?/m1/s1. The Bertz CT molecular complexity index is 2160. The molecule has 2 aliphatic heterocycles. The van der Waals surface area contributed by atoms with E-state index in [-0.39, 0.29) is 30.5 Å².